The van der Waals surface area contributed by atoms with Crippen molar-refractivity contribution in [2.24, 2.45) is 7.05 Å². The number of aromatic nitrogens is 7. The smallest absolute Gasteiger partial charge is 0.328 e. The number of ether oxygens (including phenoxy) is 2. The first-order valence-electron chi connectivity index (χ1n) is 10.6. The number of rotatable bonds is 3. The molecule has 4 aromatic rings. The molecule has 176 valence electrons. The van der Waals surface area contributed by atoms with Crippen LogP contribution in [0.5, 0.6) is 5.75 Å². The predicted octanol–water partition coefficient (Wildman–Crippen LogP) is 1.97. The minimum Gasteiger partial charge on any atom is -0.493 e. The highest BCUT2D eigenvalue weighted by atomic mass is 16.5. The zero-order chi connectivity index (χ0) is 23.8. The van der Waals surface area contributed by atoms with E-state index in [9.17, 15) is 4.79 Å². The molecule has 0 spiro atoms. The van der Waals surface area contributed by atoms with Gasteiger partial charge in [-0.15, -0.1) is 0 Å². The van der Waals surface area contributed by atoms with Crippen molar-refractivity contribution in [3.8, 4) is 5.75 Å². The van der Waals surface area contributed by atoms with Gasteiger partial charge in [0.15, 0.2) is 11.4 Å². The van der Waals surface area contributed by atoms with Gasteiger partial charge in [0, 0.05) is 20.2 Å². The van der Waals surface area contributed by atoms with Crippen LogP contribution < -0.4 is 20.7 Å². The topological polar surface area (TPSA) is 146 Å². The molecule has 1 aliphatic heterocycles. The number of amides is 1. The Hall–Kier alpha value is -4.26. The lowest BCUT2D eigenvalue weighted by molar-refractivity contribution is 0.0151. The van der Waals surface area contributed by atoms with Crippen molar-refractivity contribution in [2.75, 3.05) is 24.8 Å². The Bertz CT molecular complexity index is 1360. The van der Waals surface area contributed by atoms with E-state index >= 15 is 0 Å². The second kappa shape index (κ2) is 8.59. The maximum Gasteiger partial charge on any atom is 0.328 e. The number of anilines is 3. The van der Waals surface area contributed by atoms with Gasteiger partial charge in [-0.2, -0.15) is 15.0 Å². The van der Waals surface area contributed by atoms with Gasteiger partial charge in [-0.25, -0.2) is 19.3 Å². The molecule has 0 fully saturated rings. The Morgan fingerprint density at radius 1 is 1.26 bits per heavy atom. The van der Waals surface area contributed by atoms with Gasteiger partial charge < -0.3 is 25.4 Å². The van der Waals surface area contributed by atoms with Gasteiger partial charge in [-0.1, -0.05) is 0 Å². The molecule has 0 unspecified atom stereocenters. The molecule has 13 nitrogen and oxygen atoms in total. The lowest BCUT2D eigenvalue weighted by Crippen LogP contribution is -2.40. The number of hydrogen-bond donors (Lipinski definition) is 3. The van der Waals surface area contributed by atoms with Crippen molar-refractivity contribution in [2.45, 2.75) is 25.7 Å². The second-order valence-corrected chi connectivity index (χ2v) is 7.82. The summed E-state index contributed by atoms with van der Waals surface area (Å²) in [7, 11) is 5.07. The molecule has 3 N–H and O–H groups in total. The Balaban J connectivity index is 1.65. The Labute approximate surface area is 194 Å². The minimum atomic E-state index is -0.577. The molecule has 0 radical (unpaired) electrons. The number of imidazole rings is 1. The molecule has 2 atom stereocenters. The molecule has 0 aliphatic carbocycles. The predicted molar refractivity (Wildman–Crippen MR) is 123 cm³/mol. The molecule has 13 heteroatoms. The van der Waals surface area contributed by atoms with Crippen LogP contribution in [-0.2, 0) is 18.4 Å². The molecule has 5 rings (SSSR count). The molecule has 0 aromatic carbocycles. The number of aryl methyl sites for hydroxylation is 1. The molecule has 4 aromatic heterocycles. The van der Waals surface area contributed by atoms with Crippen molar-refractivity contribution < 1.29 is 14.3 Å². The fraction of sp³-hybridized carbons (Fsp3) is 0.333. The first-order valence-corrected chi connectivity index (χ1v) is 10.6. The van der Waals surface area contributed by atoms with Crippen LogP contribution in [0.3, 0.4) is 0 Å². The van der Waals surface area contributed by atoms with E-state index in [0.29, 0.717) is 45.5 Å². The standard InChI is InChI=1S/C21H24N10O3/c1-11-19(15-7-25-30(3)29-15)34-9-12-5-13(16(33-4)8-23-12)27-17-6-14(22-2)18-20(28-17)31(10-24-18)21(32)26-11/h5-8,10-11,19H,9H2,1-4H3,(H,26,32)(H2,22,27,28)/t11-,19+/m0/s1. The highest BCUT2D eigenvalue weighted by molar-refractivity contribution is 5.94. The highest BCUT2D eigenvalue weighted by Gasteiger charge is 2.27. The summed E-state index contributed by atoms with van der Waals surface area (Å²) in [5.41, 5.74) is 3.57. The maximum atomic E-state index is 13.2. The minimum absolute atomic E-state index is 0.171. The Kier molecular flexibility index (Phi) is 5.45. The van der Waals surface area contributed by atoms with E-state index in [1.807, 2.05) is 19.1 Å². The number of nitrogens with one attached hydrogen (secondary N) is 3. The SMILES string of the molecule is CNc1cc2nc3c1ncn3C(=O)N[C@@H](C)[C@H](c1cnn(C)n1)OCc1cc(c(OC)cn1)N2. The zero-order valence-electron chi connectivity index (χ0n) is 19.1. The van der Waals surface area contributed by atoms with Crippen LogP contribution in [0, 0.1) is 0 Å². The summed E-state index contributed by atoms with van der Waals surface area (Å²) in [4.78, 5) is 28.2. The number of nitrogens with zero attached hydrogens (tertiary/aromatic N) is 7. The lowest BCUT2D eigenvalue weighted by Gasteiger charge is -2.24. The van der Waals surface area contributed by atoms with Gasteiger partial charge in [0.05, 0.1) is 49.2 Å². The van der Waals surface area contributed by atoms with Crippen LogP contribution >= 0.6 is 0 Å². The number of methoxy groups -OCH3 is 1. The fourth-order valence-electron chi connectivity index (χ4n) is 3.85. The highest BCUT2D eigenvalue weighted by Crippen LogP contribution is 2.31. The van der Waals surface area contributed by atoms with Gasteiger partial charge in [-0.05, 0) is 13.0 Å². The monoisotopic (exact) mass is 464 g/mol. The quantitative estimate of drug-likeness (QED) is 0.411. The summed E-state index contributed by atoms with van der Waals surface area (Å²) in [6.45, 7) is 2.01. The largest absolute Gasteiger partial charge is 0.493 e. The van der Waals surface area contributed by atoms with Gasteiger partial charge in [-0.3, -0.25) is 4.98 Å². The van der Waals surface area contributed by atoms with Crippen LogP contribution in [0.25, 0.3) is 11.2 Å². The van der Waals surface area contributed by atoms with E-state index in [4.69, 9.17) is 9.47 Å². The molecule has 0 saturated heterocycles. The van der Waals surface area contributed by atoms with Gasteiger partial charge >= 0.3 is 6.03 Å². The summed E-state index contributed by atoms with van der Waals surface area (Å²) >= 11 is 0. The molecule has 0 saturated carbocycles. The van der Waals surface area contributed by atoms with Crippen molar-refractivity contribution >= 4 is 34.4 Å². The van der Waals surface area contributed by atoms with Crippen LogP contribution in [0.15, 0.2) is 30.9 Å². The van der Waals surface area contributed by atoms with E-state index < -0.39 is 18.2 Å². The molecule has 34 heavy (non-hydrogen) atoms. The van der Waals surface area contributed by atoms with Crippen molar-refractivity contribution in [3.05, 3.63) is 42.2 Å². The molecule has 5 heterocycles. The summed E-state index contributed by atoms with van der Waals surface area (Å²) in [6, 6.07) is 2.80. The summed E-state index contributed by atoms with van der Waals surface area (Å²) in [6.07, 6.45) is 4.10. The van der Waals surface area contributed by atoms with E-state index in [1.165, 1.54) is 15.7 Å². The summed E-state index contributed by atoms with van der Waals surface area (Å²) < 4.78 is 13.0. The molecule has 4 bridgehead atoms. The molecule has 1 aliphatic rings. The van der Waals surface area contributed by atoms with Crippen LogP contribution in [0.1, 0.15) is 24.4 Å². The van der Waals surface area contributed by atoms with Gasteiger partial charge in [0.25, 0.3) is 0 Å². The van der Waals surface area contributed by atoms with Crippen LogP contribution in [0.2, 0.25) is 0 Å². The summed E-state index contributed by atoms with van der Waals surface area (Å²) in [5, 5.41) is 17.9. The third-order valence-electron chi connectivity index (χ3n) is 5.52. The van der Waals surface area contributed by atoms with E-state index in [2.05, 4.69) is 41.1 Å². The van der Waals surface area contributed by atoms with E-state index in [0.717, 1.165) is 0 Å². The number of pyridine rings is 2. The molecule has 1 amide bonds. The van der Waals surface area contributed by atoms with Gasteiger partial charge in [0.2, 0.25) is 0 Å². The van der Waals surface area contributed by atoms with Crippen molar-refractivity contribution in [1.29, 1.82) is 0 Å². The van der Waals surface area contributed by atoms with Crippen molar-refractivity contribution in [3.63, 3.8) is 0 Å². The third-order valence-corrected chi connectivity index (χ3v) is 5.52. The maximum absolute atomic E-state index is 13.2. The van der Waals surface area contributed by atoms with Crippen LogP contribution in [-0.4, -0.2) is 60.7 Å². The Morgan fingerprint density at radius 2 is 2.12 bits per heavy atom. The normalized spacial score (nSPS) is 18.3. The van der Waals surface area contributed by atoms with E-state index in [1.54, 1.807) is 33.6 Å². The fourth-order valence-corrected chi connectivity index (χ4v) is 3.85. The average molecular weight is 464 g/mol. The number of carbonyl (C=O) groups excluding carboxylic acids is 1. The molecular formula is C21H24N10O3. The zero-order valence-corrected chi connectivity index (χ0v) is 19.1. The van der Waals surface area contributed by atoms with E-state index in [-0.39, 0.29) is 6.61 Å². The average Bonchev–Trinajstić information content (AvgIpc) is 3.44. The number of fused-ring (bicyclic) bond motifs is 3. The lowest BCUT2D eigenvalue weighted by atomic mass is 10.1. The van der Waals surface area contributed by atoms with Crippen LogP contribution in [0.4, 0.5) is 22.0 Å². The van der Waals surface area contributed by atoms with Crippen molar-refractivity contribution in [1.82, 2.24) is 39.8 Å². The second-order valence-electron chi connectivity index (χ2n) is 7.82. The number of hydrogen-bond acceptors (Lipinski definition) is 10. The first kappa shape index (κ1) is 21.6. The number of carbonyl (C=O) groups is 1. The van der Waals surface area contributed by atoms with Gasteiger partial charge in [0.1, 0.15) is 29.5 Å². The summed E-state index contributed by atoms with van der Waals surface area (Å²) in [5.74, 6) is 1.04. The molecular weight excluding hydrogens is 440 g/mol. The Morgan fingerprint density at radius 3 is 2.85 bits per heavy atom. The third kappa shape index (κ3) is 3.85. The first-order chi connectivity index (χ1) is 16.5.